The third-order valence-corrected chi connectivity index (χ3v) is 4.20. The van der Waals surface area contributed by atoms with Gasteiger partial charge in [-0.15, -0.1) is 0 Å². The fourth-order valence-electron chi connectivity index (χ4n) is 2.35. The number of hydrogen-bond acceptors (Lipinski definition) is 2. The predicted octanol–water partition coefficient (Wildman–Crippen LogP) is 3.73. The number of halogens is 1. The minimum Gasteiger partial charge on any atom is -0.357 e. The summed E-state index contributed by atoms with van der Waals surface area (Å²) in [5.41, 5.74) is 2.75. The molecule has 0 heterocycles. The molecule has 2 rings (SSSR count). The number of guanidine groups is 1. The Morgan fingerprint density at radius 3 is 2.58 bits per heavy atom. The fourth-order valence-corrected chi connectivity index (χ4v) is 2.52. The van der Waals surface area contributed by atoms with Crippen LogP contribution in [0, 0.1) is 6.92 Å². The van der Waals surface area contributed by atoms with Crippen molar-refractivity contribution in [2.24, 2.45) is 4.99 Å². The minimum absolute atomic E-state index is 0.0678. The lowest BCUT2D eigenvalue weighted by Gasteiger charge is -2.12. The van der Waals surface area contributed by atoms with Crippen molar-refractivity contribution in [3.63, 3.8) is 0 Å². The highest BCUT2D eigenvalue weighted by molar-refractivity contribution is 6.31. The summed E-state index contributed by atoms with van der Waals surface area (Å²) >= 11 is 6.08. The van der Waals surface area contributed by atoms with Gasteiger partial charge < -0.3 is 16.0 Å². The zero-order valence-electron chi connectivity index (χ0n) is 15.2. The number of nitrogens with zero attached hydrogens (tertiary/aromatic N) is 1. The van der Waals surface area contributed by atoms with Crippen LogP contribution in [0.3, 0.4) is 0 Å². The maximum atomic E-state index is 12.1. The molecule has 0 radical (unpaired) electrons. The molecular weight excluding hydrogens is 348 g/mol. The minimum atomic E-state index is -0.0678. The molecule has 0 bridgehead atoms. The Bertz CT molecular complexity index is 747. The number of nitrogens with one attached hydrogen (secondary N) is 3. The van der Waals surface area contributed by atoms with Crippen molar-refractivity contribution in [2.45, 2.75) is 26.8 Å². The molecule has 6 heteroatoms. The zero-order chi connectivity index (χ0) is 18.8. The van der Waals surface area contributed by atoms with Crippen LogP contribution in [-0.4, -0.2) is 25.0 Å². The molecule has 0 aliphatic carbocycles. The monoisotopic (exact) mass is 372 g/mol. The van der Waals surface area contributed by atoms with Gasteiger partial charge in [0.05, 0.1) is 6.54 Å². The van der Waals surface area contributed by atoms with Gasteiger partial charge in [0.25, 0.3) is 0 Å². The Morgan fingerprint density at radius 1 is 1.08 bits per heavy atom. The first kappa shape index (κ1) is 19.8. The van der Waals surface area contributed by atoms with Crippen molar-refractivity contribution < 1.29 is 4.79 Å². The molecule has 0 saturated carbocycles. The summed E-state index contributed by atoms with van der Waals surface area (Å²) in [6.07, 6.45) is 0.335. The molecular formula is C20H25ClN4O. The topological polar surface area (TPSA) is 65.5 Å². The normalized spacial score (nSPS) is 11.1. The quantitative estimate of drug-likeness (QED) is 0.512. The van der Waals surface area contributed by atoms with Crippen molar-refractivity contribution >= 4 is 29.2 Å². The first-order valence-corrected chi connectivity index (χ1v) is 9.09. The maximum absolute atomic E-state index is 12.1. The van der Waals surface area contributed by atoms with E-state index in [0.717, 1.165) is 23.4 Å². The van der Waals surface area contributed by atoms with Crippen LogP contribution in [-0.2, 0) is 11.3 Å². The molecule has 26 heavy (non-hydrogen) atoms. The van der Waals surface area contributed by atoms with Crippen LogP contribution in [0.15, 0.2) is 53.5 Å². The van der Waals surface area contributed by atoms with E-state index in [4.69, 9.17) is 11.6 Å². The Morgan fingerprint density at radius 2 is 1.85 bits per heavy atom. The van der Waals surface area contributed by atoms with Crippen molar-refractivity contribution in [1.82, 2.24) is 10.6 Å². The summed E-state index contributed by atoms with van der Waals surface area (Å²) in [4.78, 5) is 16.7. The van der Waals surface area contributed by atoms with Crippen LogP contribution in [0.2, 0.25) is 5.02 Å². The van der Waals surface area contributed by atoms with Gasteiger partial charge in [-0.1, -0.05) is 48.0 Å². The Kier molecular flexibility index (Phi) is 7.96. The predicted molar refractivity (Wildman–Crippen MR) is 109 cm³/mol. The molecule has 3 N–H and O–H groups in total. The molecule has 0 spiro atoms. The molecule has 2 aromatic carbocycles. The number of rotatable bonds is 7. The van der Waals surface area contributed by atoms with E-state index in [1.807, 2.05) is 56.3 Å². The second kappa shape index (κ2) is 10.5. The zero-order valence-corrected chi connectivity index (χ0v) is 15.9. The van der Waals surface area contributed by atoms with Gasteiger partial charge in [0.1, 0.15) is 0 Å². The van der Waals surface area contributed by atoms with Crippen LogP contribution in [0.5, 0.6) is 0 Å². The Balaban J connectivity index is 1.83. The highest BCUT2D eigenvalue weighted by Crippen LogP contribution is 2.22. The number of carbonyl (C=O) groups excluding carboxylic acids is 1. The van der Waals surface area contributed by atoms with E-state index < -0.39 is 0 Å². The van der Waals surface area contributed by atoms with Gasteiger partial charge >= 0.3 is 0 Å². The van der Waals surface area contributed by atoms with Crippen LogP contribution in [0.25, 0.3) is 0 Å². The Labute approximate surface area is 159 Å². The molecule has 0 aliphatic rings. The molecule has 1 amide bonds. The summed E-state index contributed by atoms with van der Waals surface area (Å²) in [5, 5.41) is 9.90. The second-order valence-electron chi connectivity index (χ2n) is 5.82. The summed E-state index contributed by atoms with van der Waals surface area (Å²) in [7, 11) is 0. The van der Waals surface area contributed by atoms with Crippen LogP contribution in [0.4, 0.5) is 5.69 Å². The van der Waals surface area contributed by atoms with Gasteiger partial charge in [-0.05, 0) is 37.1 Å². The average molecular weight is 373 g/mol. The molecule has 0 unspecified atom stereocenters. The number of amides is 1. The number of carbonyl (C=O) groups is 1. The van der Waals surface area contributed by atoms with Gasteiger partial charge in [-0.25, -0.2) is 4.99 Å². The third kappa shape index (κ3) is 6.41. The van der Waals surface area contributed by atoms with Crippen LogP contribution < -0.4 is 16.0 Å². The SMILES string of the molecule is CCNC(=NCc1ccccc1)NCCC(=O)Nc1cccc(Cl)c1C. The summed E-state index contributed by atoms with van der Waals surface area (Å²) in [6.45, 7) is 5.73. The smallest absolute Gasteiger partial charge is 0.226 e. The van der Waals surface area contributed by atoms with E-state index in [1.165, 1.54) is 0 Å². The third-order valence-electron chi connectivity index (χ3n) is 3.79. The van der Waals surface area contributed by atoms with Gasteiger partial charge in [0.2, 0.25) is 5.91 Å². The van der Waals surface area contributed by atoms with Gasteiger partial charge in [-0.2, -0.15) is 0 Å². The van der Waals surface area contributed by atoms with E-state index in [9.17, 15) is 4.79 Å². The second-order valence-corrected chi connectivity index (χ2v) is 6.23. The lowest BCUT2D eigenvalue weighted by atomic mass is 10.2. The summed E-state index contributed by atoms with van der Waals surface area (Å²) < 4.78 is 0. The number of anilines is 1. The first-order valence-electron chi connectivity index (χ1n) is 8.71. The Hall–Kier alpha value is -2.53. The summed E-state index contributed by atoms with van der Waals surface area (Å²) in [5.74, 6) is 0.630. The lowest BCUT2D eigenvalue weighted by molar-refractivity contribution is -0.116. The molecule has 138 valence electrons. The lowest BCUT2D eigenvalue weighted by Crippen LogP contribution is -2.38. The molecule has 0 fully saturated rings. The maximum Gasteiger partial charge on any atom is 0.226 e. The van der Waals surface area contributed by atoms with E-state index in [-0.39, 0.29) is 5.91 Å². The van der Waals surface area contributed by atoms with E-state index in [2.05, 4.69) is 20.9 Å². The molecule has 0 atom stereocenters. The molecule has 0 saturated heterocycles. The standard InChI is InChI=1S/C20H25ClN4O/c1-3-22-20(24-14-16-8-5-4-6-9-16)23-13-12-19(26)25-18-11-7-10-17(21)15(18)2/h4-11H,3,12-14H2,1-2H3,(H,25,26)(H2,22,23,24). The first-order chi connectivity index (χ1) is 12.6. The van der Waals surface area contributed by atoms with Crippen LogP contribution >= 0.6 is 11.6 Å². The van der Waals surface area contributed by atoms with Gasteiger partial charge in [-0.3, -0.25) is 4.79 Å². The molecule has 5 nitrogen and oxygen atoms in total. The van der Waals surface area contributed by atoms with E-state index in [1.54, 1.807) is 6.07 Å². The van der Waals surface area contributed by atoms with E-state index in [0.29, 0.717) is 30.5 Å². The molecule has 0 aliphatic heterocycles. The fraction of sp³-hybridized carbons (Fsp3) is 0.300. The number of benzene rings is 2. The number of aliphatic imine (C=N–C) groups is 1. The van der Waals surface area contributed by atoms with Crippen molar-refractivity contribution in [2.75, 3.05) is 18.4 Å². The average Bonchev–Trinajstić information content (AvgIpc) is 2.64. The number of hydrogen-bond donors (Lipinski definition) is 3. The van der Waals surface area contributed by atoms with Crippen LogP contribution in [0.1, 0.15) is 24.5 Å². The van der Waals surface area contributed by atoms with Gasteiger partial charge in [0, 0.05) is 30.2 Å². The van der Waals surface area contributed by atoms with Crippen molar-refractivity contribution in [3.05, 3.63) is 64.7 Å². The van der Waals surface area contributed by atoms with E-state index >= 15 is 0 Å². The highest BCUT2D eigenvalue weighted by atomic mass is 35.5. The molecule has 0 aromatic heterocycles. The largest absolute Gasteiger partial charge is 0.357 e. The van der Waals surface area contributed by atoms with Crippen molar-refractivity contribution in [3.8, 4) is 0 Å². The van der Waals surface area contributed by atoms with Crippen molar-refractivity contribution in [1.29, 1.82) is 0 Å². The van der Waals surface area contributed by atoms with Gasteiger partial charge in [0.15, 0.2) is 5.96 Å². The summed E-state index contributed by atoms with van der Waals surface area (Å²) in [6, 6.07) is 15.5. The highest BCUT2D eigenvalue weighted by Gasteiger charge is 2.07. The molecule has 2 aromatic rings.